The molecule has 0 aliphatic rings. The lowest BCUT2D eigenvalue weighted by Gasteiger charge is -2.19. The van der Waals surface area contributed by atoms with Crippen LogP contribution in [0.2, 0.25) is 0 Å². The van der Waals surface area contributed by atoms with E-state index in [0.29, 0.717) is 12.6 Å². The Morgan fingerprint density at radius 2 is 1.80 bits per heavy atom. The summed E-state index contributed by atoms with van der Waals surface area (Å²) < 4.78 is 11.4. The molecule has 0 saturated carbocycles. The summed E-state index contributed by atoms with van der Waals surface area (Å²) in [7, 11) is 1.72. The van der Waals surface area contributed by atoms with Gasteiger partial charge in [0.2, 0.25) is 0 Å². The molecule has 108 valence electrons. The van der Waals surface area contributed by atoms with Crippen molar-refractivity contribution < 1.29 is 9.47 Å². The summed E-state index contributed by atoms with van der Waals surface area (Å²) in [5.74, 6) is 0.912. The predicted molar refractivity (Wildman–Crippen MR) is 83.4 cm³/mol. The third-order valence-electron chi connectivity index (χ3n) is 3.26. The zero-order chi connectivity index (χ0) is 14.4. The summed E-state index contributed by atoms with van der Waals surface area (Å²) in [6.45, 7) is 5.58. The van der Waals surface area contributed by atoms with Crippen molar-refractivity contribution in [1.29, 1.82) is 0 Å². The van der Waals surface area contributed by atoms with Crippen molar-refractivity contribution in [2.75, 3.05) is 20.3 Å². The Kier molecular flexibility index (Phi) is 5.39. The van der Waals surface area contributed by atoms with Crippen molar-refractivity contribution in [3.05, 3.63) is 42.5 Å². The Balaban J connectivity index is 2.01. The highest BCUT2D eigenvalue weighted by Crippen LogP contribution is 2.25. The van der Waals surface area contributed by atoms with E-state index in [1.54, 1.807) is 7.11 Å². The number of fused-ring (bicyclic) bond motifs is 1. The average molecular weight is 273 g/mol. The van der Waals surface area contributed by atoms with E-state index in [9.17, 15) is 0 Å². The molecule has 1 N–H and O–H groups in total. The van der Waals surface area contributed by atoms with E-state index in [0.717, 1.165) is 17.7 Å². The average Bonchev–Trinajstić information content (AvgIpc) is 2.47. The topological polar surface area (TPSA) is 30.5 Å². The second-order valence-corrected chi connectivity index (χ2v) is 5.21. The minimum absolute atomic E-state index is 0.0522. The molecule has 1 atom stereocenters. The van der Waals surface area contributed by atoms with Crippen molar-refractivity contribution in [2.45, 2.75) is 26.0 Å². The SMILES string of the molecule is CO[C@@H](CNC(C)C)COc1cccc2ccccc12. The molecule has 0 saturated heterocycles. The van der Waals surface area contributed by atoms with Crippen LogP contribution >= 0.6 is 0 Å². The Morgan fingerprint density at radius 1 is 1.05 bits per heavy atom. The van der Waals surface area contributed by atoms with Crippen molar-refractivity contribution in [3.63, 3.8) is 0 Å². The van der Waals surface area contributed by atoms with Gasteiger partial charge in [0, 0.05) is 25.1 Å². The molecule has 0 fully saturated rings. The second kappa shape index (κ2) is 7.27. The van der Waals surface area contributed by atoms with Gasteiger partial charge in [-0.2, -0.15) is 0 Å². The van der Waals surface area contributed by atoms with E-state index in [1.807, 2.05) is 24.3 Å². The molecule has 0 bridgehead atoms. The highest BCUT2D eigenvalue weighted by atomic mass is 16.5. The van der Waals surface area contributed by atoms with Gasteiger partial charge >= 0.3 is 0 Å². The van der Waals surface area contributed by atoms with Gasteiger partial charge in [-0.25, -0.2) is 0 Å². The largest absolute Gasteiger partial charge is 0.490 e. The van der Waals surface area contributed by atoms with Crippen LogP contribution in [0.4, 0.5) is 0 Å². The summed E-state index contributed by atoms with van der Waals surface area (Å²) in [5.41, 5.74) is 0. The van der Waals surface area contributed by atoms with Gasteiger partial charge < -0.3 is 14.8 Å². The number of methoxy groups -OCH3 is 1. The third kappa shape index (κ3) is 3.95. The van der Waals surface area contributed by atoms with Gasteiger partial charge in [-0.3, -0.25) is 0 Å². The zero-order valence-corrected chi connectivity index (χ0v) is 12.4. The van der Waals surface area contributed by atoms with Gasteiger partial charge in [-0.1, -0.05) is 50.2 Å². The molecule has 0 amide bonds. The fraction of sp³-hybridized carbons (Fsp3) is 0.412. The van der Waals surface area contributed by atoms with Crippen molar-refractivity contribution >= 4 is 10.8 Å². The lowest BCUT2D eigenvalue weighted by atomic mass is 10.1. The number of nitrogens with one attached hydrogen (secondary N) is 1. The van der Waals surface area contributed by atoms with Crippen LogP contribution in [0, 0.1) is 0 Å². The fourth-order valence-electron chi connectivity index (χ4n) is 2.08. The lowest BCUT2D eigenvalue weighted by Crippen LogP contribution is -2.36. The molecule has 0 heterocycles. The Morgan fingerprint density at radius 3 is 2.55 bits per heavy atom. The van der Waals surface area contributed by atoms with Gasteiger partial charge in [0.1, 0.15) is 18.5 Å². The molecule has 0 aliphatic heterocycles. The van der Waals surface area contributed by atoms with Gasteiger partial charge in [0.25, 0.3) is 0 Å². The Hall–Kier alpha value is -1.58. The van der Waals surface area contributed by atoms with E-state index in [1.165, 1.54) is 5.39 Å². The van der Waals surface area contributed by atoms with E-state index in [2.05, 4.69) is 37.4 Å². The number of hydrogen-bond acceptors (Lipinski definition) is 3. The van der Waals surface area contributed by atoms with Crippen LogP contribution < -0.4 is 10.1 Å². The normalized spacial score (nSPS) is 12.8. The molecular formula is C17H23NO2. The quantitative estimate of drug-likeness (QED) is 0.840. The third-order valence-corrected chi connectivity index (χ3v) is 3.26. The van der Waals surface area contributed by atoms with E-state index < -0.39 is 0 Å². The van der Waals surface area contributed by atoms with E-state index in [4.69, 9.17) is 9.47 Å². The highest BCUT2D eigenvalue weighted by molar-refractivity contribution is 5.88. The Bertz CT molecular complexity index is 534. The maximum absolute atomic E-state index is 5.94. The molecule has 2 aromatic rings. The summed E-state index contributed by atoms with van der Waals surface area (Å²) in [4.78, 5) is 0. The molecule has 2 rings (SSSR count). The first-order chi connectivity index (χ1) is 9.70. The number of benzene rings is 2. The first-order valence-corrected chi connectivity index (χ1v) is 7.07. The molecule has 0 unspecified atom stereocenters. The van der Waals surface area contributed by atoms with Crippen LogP contribution in [-0.2, 0) is 4.74 Å². The van der Waals surface area contributed by atoms with Gasteiger partial charge in [0.15, 0.2) is 0 Å². The maximum Gasteiger partial charge on any atom is 0.127 e. The standard InChI is InChI=1S/C17H23NO2/c1-13(2)18-11-15(19-3)12-20-17-10-6-8-14-7-4-5-9-16(14)17/h4-10,13,15,18H,11-12H2,1-3H3/t15-/m0/s1. The molecule has 0 aliphatic carbocycles. The first kappa shape index (κ1) is 14.8. The van der Waals surface area contributed by atoms with Crippen molar-refractivity contribution in [2.24, 2.45) is 0 Å². The van der Waals surface area contributed by atoms with Crippen LogP contribution in [0.25, 0.3) is 10.8 Å². The minimum atomic E-state index is 0.0522. The molecule has 3 heteroatoms. The van der Waals surface area contributed by atoms with E-state index in [-0.39, 0.29) is 6.10 Å². The van der Waals surface area contributed by atoms with E-state index >= 15 is 0 Å². The monoisotopic (exact) mass is 273 g/mol. The smallest absolute Gasteiger partial charge is 0.127 e. The zero-order valence-electron chi connectivity index (χ0n) is 12.4. The predicted octanol–water partition coefficient (Wildman–Crippen LogP) is 3.23. The molecule has 0 spiro atoms. The molecule has 2 aromatic carbocycles. The summed E-state index contributed by atoms with van der Waals surface area (Å²) in [5, 5.41) is 5.70. The molecule has 20 heavy (non-hydrogen) atoms. The number of ether oxygens (including phenoxy) is 2. The number of hydrogen-bond donors (Lipinski definition) is 1. The summed E-state index contributed by atoms with van der Waals surface area (Å²) in [6, 6.07) is 14.8. The molecule has 0 radical (unpaired) electrons. The van der Waals surface area contributed by atoms with Crippen LogP contribution in [-0.4, -0.2) is 32.4 Å². The molecule has 3 nitrogen and oxygen atoms in total. The Labute approximate surface area is 120 Å². The summed E-state index contributed by atoms with van der Waals surface area (Å²) >= 11 is 0. The summed E-state index contributed by atoms with van der Waals surface area (Å²) in [6.07, 6.45) is 0.0522. The lowest BCUT2D eigenvalue weighted by molar-refractivity contribution is 0.0573. The maximum atomic E-state index is 5.94. The first-order valence-electron chi connectivity index (χ1n) is 7.07. The van der Waals surface area contributed by atoms with Crippen LogP contribution in [0.15, 0.2) is 42.5 Å². The van der Waals surface area contributed by atoms with Crippen LogP contribution in [0.5, 0.6) is 5.75 Å². The van der Waals surface area contributed by atoms with Gasteiger partial charge in [-0.15, -0.1) is 0 Å². The van der Waals surface area contributed by atoms with Crippen LogP contribution in [0.1, 0.15) is 13.8 Å². The van der Waals surface area contributed by atoms with Crippen LogP contribution in [0.3, 0.4) is 0 Å². The van der Waals surface area contributed by atoms with Gasteiger partial charge in [0.05, 0.1) is 0 Å². The second-order valence-electron chi connectivity index (χ2n) is 5.21. The van der Waals surface area contributed by atoms with Crippen molar-refractivity contribution in [3.8, 4) is 5.75 Å². The highest BCUT2D eigenvalue weighted by Gasteiger charge is 2.10. The minimum Gasteiger partial charge on any atom is -0.490 e. The fourth-order valence-corrected chi connectivity index (χ4v) is 2.08. The molecule has 0 aromatic heterocycles. The van der Waals surface area contributed by atoms with Crippen molar-refractivity contribution in [1.82, 2.24) is 5.32 Å². The number of rotatable bonds is 7. The van der Waals surface area contributed by atoms with Gasteiger partial charge in [-0.05, 0) is 11.5 Å². The molecular weight excluding hydrogens is 250 g/mol.